The summed E-state index contributed by atoms with van der Waals surface area (Å²) < 4.78 is 43.0. The fourth-order valence-electron chi connectivity index (χ4n) is 7.84. The van der Waals surface area contributed by atoms with Crippen LogP contribution in [0.15, 0.2) is 59.5 Å². The SMILES string of the molecule is CNCC[C@H](C)N.CNCC[C@H](C)NC.CNCC[C@H](C)NC(=O)OC(C)(C)C.CN[C@@H](C)CCN.CO.C[C@@H](CCN)NC(=O)OC(C)(C)C.C[C@H]1CCN2C(=O)c3c(O)c(=O)c(C(=O)NCc4ccc(F)cc4F)cn3CC2N1C.O=C(Cl)OCc1ccccc1. The highest BCUT2D eigenvalue weighted by Gasteiger charge is 2.41. The molecule has 28 heteroatoms. The molecule has 1 fully saturated rings. The molecule has 2 aliphatic heterocycles. The predicted molar refractivity (Wildman–Crippen MR) is 369 cm³/mol. The number of benzene rings is 2. The van der Waals surface area contributed by atoms with Crippen LogP contribution in [0.2, 0.25) is 0 Å². The number of rotatable bonds is 22. The first kappa shape index (κ1) is 91.1. The molecule has 1 saturated heterocycles. The molecule has 4 amide bonds. The number of pyridine rings is 1. The van der Waals surface area contributed by atoms with Crippen LogP contribution in [-0.2, 0) is 33.9 Å². The minimum Gasteiger partial charge on any atom is -0.503 e. The van der Waals surface area contributed by atoms with Crippen molar-refractivity contribution in [2.45, 2.75) is 195 Å². The van der Waals surface area contributed by atoms with Crippen molar-refractivity contribution >= 4 is 41.0 Å². The lowest BCUT2D eigenvalue weighted by atomic mass is 10.0. The minimum atomic E-state index is -0.978. The summed E-state index contributed by atoms with van der Waals surface area (Å²) in [5, 5.41) is 40.7. The van der Waals surface area contributed by atoms with E-state index in [1.807, 2.05) is 147 Å². The third kappa shape index (κ3) is 43.5. The standard InChI is InChI=1S/C21H22F2N4O4.C10H22N2O2.C9H20N2O2.C8H7ClO2.C6H16N2.2C5H14N2.CH4O/c1-11-5-6-27-16(25(11)2)10-26-9-14(18(28)19(29)17(26)21(27)31)20(30)24-8-12-3-4-13(22)7-15(12)23;1-8(6-7-11-5)12-9(13)14-10(2,3)4;1-7(5-6-10)11-8(12)13-9(2,3)4;9-8(10)11-6-7-4-2-1-3-5-7;1-6(8-3)4-5-7-2;1-5(6)3-4-7-2;1-5(7-2)3-4-6;1-2/h3-4,7,9,11,16,29H,5-6,8,10H2,1-2H3,(H,24,30);8,11H,6-7H2,1-5H3,(H,12,13);7H,5-6,10H2,1-4H3,(H,11,12);1-5H,6H2;6-8H,4-5H2,1-3H3;2*5,7H,3-4,6H2,1-2H3;2H,1H3/t11-,16?;8-;7-;;6-;2*5-;/m000.000./s1. The molecule has 0 aliphatic carbocycles. The lowest BCUT2D eigenvalue weighted by Gasteiger charge is -2.48. The zero-order valence-corrected chi connectivity index (χ0v) is 59.9. The number of likely N-dealkylation sites (N-methyl/N-ethyl adjacent to an activating group) is 1. The molecule has 5 rings (SSSR count). The number of aromatic nitrogens is 1. The van der Waals surface area contributed by atoms with Crippen molar-refractivity contribution in [3.05, 3.63) is 99.0 Å². The Balaban J connectivity index is -0.00000111. The van der Waals surface area contributed by atoms with Crippen LogP contribution in [0.25, 0.3) is 0 Å². The maximum absolute atomic E-state index is 13.8. The molecule has 0 spiro atoms. The molecule has 0 bridgehead atoms. The molecule has 3 aromatic rings. The number of halogens is 3. The summed E-state index contributed by atoms with van der Waals surface area (Å²) in [6.07, 6.45) is 6.01. The Morgan fingerprint density at radius 1 is 0.731 bits per heavy atom. The second-order valence-electron chi connectivity index (χ2n) is 24.2. The highest BCUT2D eigenvalue weighted by atomic mass is 35.5. The molecule has 93 heavy (non-hydrogen) atoms. The van der Waals surface area contributed by atoms with Gasteiger partial charge in [0.05, 0.1) is 6.54 Å². The van der Waals surface area contributed by atoms with Crippen LogP contribution in [0, 0.1) is 11.6 Å². The Kier molecular flexibility index (Phi) is 50.2. The summed E-state index contributed by atoms with van der Waals surface area (Å²) in [4.78, 5) is 74.4. The Bertz CT molecular complexity index is 2580. The second-order valence-corrected chi connectivity index (χ2v) is 24.5. The van der Waals surface area contributed by atoms with Crippen molar-refractivity contribution in [1.82, 2.24) is 56.9 Å². The van der Waals surface area contributed by atoms with Gasteiger partial charge in [0.25, 0.3) is 11.8 Å². The van der Waals surface area contributed by atoms with E-state index in [9.17, 15) is 42.7 Å². The monoisotopic (exact) mass is 1340 g/mol. The third-order valence-electron chi connectivity index (χ3n) is 13.5. The number of hydrogen-bond donors (Lipinski definition) is 13. The number of fused-ring (bicyclic) bond motifs is 2. The Hall–Kier alpha value is -6.11. The molecule has 2 aliphatic rings. The molecule has 16 N–H and O–H groups in total. The first-order valence-electron chi connectivity index (χ1n) is 31.5. The number of hydrogen-bond acceptors (Lipinski definition) is 20. The molecule has 25 nitrogen and oxygen atoms in total. The van der Waals surface area contributed by atoms with Gasteiger partial charge in [0.15, 0.2) is 11.4 Å². The molecule has 1 aromatic heterocycles. The average Bonchev–Trinajstić information content (AvgIpc) is 0.749. The van der Waals surface area contributed by atoms with E-state index >= 15 is 0 Å². The summed E-state index contributed by atoms with van der Waals surface area (Å²) in [5.41, 5.74) is 13.9. The molecule has 1 unspecified atom stereocenters. The second kappa shape index (κ2) is 51.3. The van der Waals surface area contributed by atoms with E-state index < -0.39 is 51.3 Å². The van der Waals surface area contributed by atoms with Gasteiger partial charge in [-0.2, -0.15) is 0 Å². The Morgan fingerprint density at radius 2 is 1.20 bits per heavy atom. The van der Waals surface area contributed by atoms with Crippen LogP contribution >= 0.6 is 11.6 Å². The maximum atomic E-state index is 13.8. The highest BCUT2D eigenvalue weighted by Crippen LogP contribution is 2.29. The van der Waals surface area contributed by atoms with Crippen LogP contribution in [0.1, 0.15) is 154 Å². The van der Waals surface area contributed by atoms with Gasteiger partial charge in [0.2, 0.25) is 5.43 Å². The van der Waals surface area contributed by atoms with Crippen molar-refractivity contribution in [3.8, 4) is 5.75 Å². The van der Waals surface area contributed by atoms with Gasteiger partial charge in [0, 0.05) is 85.9 Å². The molecular weight excluding hydrogens is 1230 g/mol. The molecule has 2 aromatic carbocycles. The van der Waals surface area contributed by atoms with E-state index in [-0.39, 0.29) is 73.0 Å². The number of carbonyl (C=O) groups excluding carboxylic acids is 5. The quantitative estimate of drug-likeness (QED) is 0.0388. The summed E-state index contributed by atoms with van der Waals surface area (Å²) in [7, 11) is 12.6. The molecule has 0 saturated carbocycles. The van der Waals surface area contributed by atoms with Gasteiger partial charge in [-0.25, -0.2) is 23.2 Å². The van der Waals surface area contributed by atoms with Crippen molar-refractivity contribution in [1.29, 1.82) is 0 Å². The van der Waals surface area contributed by atoms with E-state index in [4.69, 9.17) is 43.4 Å². The number of aliphatic hydroxyl groups excluding tert-OH is 1. The van der Waals surface area contributed by atoms with E-state index in [2.05, 4.69) is 61.1 Å². The first-order valence-corrected chi connectivity index (χ1v) is 31.9. The maximum Gasteiger partial charge on any atom is 0.407 e. The smallest absolute Gasteiger partial charge is 0.407 e. The van der Waals surface area contributed by atoms with Crippen LogP contribution < -0.4 is 65.2 Å². The molecule has 7 atom stereocenters. The number of aliphatic hydroxyl groups is 1. The van der Waals surface area contributed by atoms with Gasteiger partial charge >= 0.3 is 17.6 Å². The predicted octanol–water partition coefficient (Wildman–Crippen LogP) is 6.29. The summed E-state index contributed by atoms with van der Waals surface area (Å²) >= 11 is 4.97. The van der Waals surface area contributed by atoms with Gasteiger partial charge in [-0.1, -0.05) is 36.4 Å². The van der Waals surface area contributed by atoms with Crippen LogP contribution in [0.3, 0.4) is 0 Å². The fourth-order valence-corrected chi connectivity index (χ4v) is 7.90. The zero-order chi connectivity index (χ0) is 72.0. The molecular formula is C65H119ClF2N14O11. The summed E-state index contributed by atoms with van der Waals surface area (Å²) in [5.74, 6) is -3.66. The number of nitrogens with two attached hydrogens (primary N) is 3. The molecule has 3 heterocycles. The summed E-state index contributed by atoms with van der Waals surface area (Å²) in [6, 6.07) is 14.3. The van der Waals surface area contributed by atoms with Crippen LogP contribution in [0.5, 0.6) is 5.75 Å². The van der Waals surface area contributed by atoms with Gasteiger partial charge in [-0.05, 0) is 208 Å². The number of nitrogens with zero attached hydrogens (tertiary/aromatic N) is 3. The number of amides is 4. The topological polar surface area (TPSA) is 356 Å². The van der Waals surface area contributed by atoms with Crippen molar-refractivity contribution in [3.63, 3.8) is 0 Å². The highest BCUT2D eigenvalue weighted by molar-refractivity contribution is 6.61. The van der Waals surface area contributed by atoms with Crippen molar-refractivity contribution in [2.75, 3.05) is 88.7 Å². The fraction of sp³-hybridized carbons (Fsp3) is 0.662. The van der Waals surface area contributed by atoms with E-state index in [1.165, 1.54) is 23.3 Å². The number of nitrogens with one attached hydrogen (secondary N) is 8. The van der Waals surface area contributed by atoms with E-state index in [1.54, 1.807) is 4.90 Å². The number of aromatic hydroxyl groups is 1. The van der Waals surface area contributed by atoms with Gasteiger partial charge in [-0.3, -0.25) is 19.3 Å². The first-order chi connectivity index (χ1) is 43.6. The molecule has 0 radical (unpaired) electrons. The number of ether oxygens (including phenoxy) is 3. The van der Waals surface area contributed by atoms with E-state index in [0.717, 1.165) is 77.0 Å². The van der Waals surface area contributed by atoms with E-state index in [0.29, 0.717) is 37.3 Å². The number of alkyl carbamates (subject to hydrolysis) is 2. The largest absolute Gasteiger partial charge is 0.503 e. The third-order valence-corrected chi connectivity index (χ3v) is 13.6. The lowest BCUT2D eigenvalue weighted by Crippen LogP contribution is -2.62. The Morgan fingerprint density at radius 3 is 1.63 bits per heavy atom. The zero-order valence-electron chi connectivity index (χ0n) is 59.1. The van der Waals surface area contributed by atoms with Crippen molar-refractivity contribution < 1.29 is 57.2 Å². The number of carbonyl (C=O) groups is 5. The Labute approximate surface area is 558 Å². The van der Waals surface area contributed by atoms with Gasteiger partial charge in [-0.15, -0.1) is 0 Å². The average molecular weight is 1350 g/mol. The van der Waals surface area contributed by atoms with Gasteiger partial charge < -0.3 is 93.6 Å². The summed E-state index contributed by atoms with van der Waals surface area (Å²) in [6.45, 7) is 28.4. The van der Waals surface area contributed by atoms with Crippen LogP contribution in [0.4, 0.5) is 23.2 Å². The molecule has 536 valence electrons. The van der Waals surface area contributed by atoms with Crippen LogP contribution in [-0.4, -0.2) is 196 Å². The van der Waals surface area contributed by atoms with Gasteiger partial charge in [0.1, 0.15) is 41.2 Å². The minimum absolute atomic E-state index is 0.0423. The lowest BCUT2D eigenvalue weighted by molar-refractivity contribution is -0.0196. The normalized spacial score (nSPS) is 15.4. The van der Waals surface area contributed by atoms with Crippen molar-refractivity contribution in [2.24, 2.45) is 17.2 Å².